The molecule has 6 nitrogen and oxygen atoms in total. The van der Waals surface area contributed by atoms with Gasteiger partial charge in [0.05, 0.1) is 5.02 Å². The summed E-state index contributed by atoms with van der Waals surface area (Å²) >= 11 is 7.34. The molecule has 0 unspecified atom stereocenters. The van der Waals surface area contributed by atoms with Crippen molar-refractivity contribution in [2.45, 2.75) is 50.0 Å². The first kappa shape index (κ1) is 28.0. The number of hydrogen-bond acceptors (Lipinski definition) is 7. The van der Waals surface area contributed by atoms with Crippen molar-refractivity contribution in [1.82, 2.24) is 20.3 Å². The predicted molar refractivity (Wildman–Crippen MR) is 154 cm³/mol. The molecule has 2 aromatic heterocycles. The summed E-state index contributed by atoms with van der Waals surface area (Å²) in [7, 11) is 3.75. The van der Waals surface area contributed by atoms with Crippen molar-refractivity contribution < 1.29 is 8.78 Å². The lowest BCUT2D eigenvalue weighted by atomic mass is 9.96. The van der Waals surface area contributed by atoms with Crippen LogP contribution in [0.4, 0.5) is 20.5 Å². The van der Waals surface area contributed by atoms with Gasteiger partial charge in [0.1, 0.15) is 11.3 Å². The fourth-order valence-corrected chi connectivity index (χ4v) is 5.25. The van der Waals surface area contributed by atoms with E-state index in [0.717, 1.165) is 17.7 Å². The van der Waals surface area contributed by atoms with Gasteiger partial charge in [0.2, 0.25) is 5.95 Å². The third kappa shape index (κ3) is 6.89. The lowest BCUT2D eigenvalue weighted by molar-refractivity contribution is 0.461. The molecule has 0 atom stereocenters. The van der Waals surface area contributed by atoms with E-state index in [4.69, 9.17) is 11.6 Å². The summed E-state index contributed by atoms with van der Waals surface area (Å²) in [6.45, 7) is 1.76. The van der Waals surface area contributed by atoms with Gasteiger partial charge in [0, 0.05) is 33.8 Å². The van der Waals surface area contributed by atoms with Crippen molar-refractivity contribution in [3.05, 3.63) is 71.0 Å². The van der Waals surface area contributed by atoms with Crippen LogP contribution in [0.15, 0.2) is 53.6 Å². The molecule has 1 aliphatic rings. The number of fused-ring (bicyclic) bond motifs is 1. The summed E-state index contributed by atoms with van der Waals surface area (Å²) in [6, 6.07) is 12.1. The largest absolute Gasteiger partial charge is 0.351 e. The van der Waals surface area contributed by atoms with Gasteiger partial charge < -0.3 is 15.4 Å². The Kier molecular flexibility index (Phi) is 9.71. The lowest BCUT2D eigenvalue weighted by Crippen LogP contribution is -2.23. The standard InChI is InChI=1S/C26H24ClF2N5S.C2H7N/c1-15-19(13-22(29)25(31-15)34-35-23-10-6-5-9-20(23)27)16-11-17-14-30-26(33-24(17)21(28)12-16)32-18-7-3-2-4-8-18;1-3-2/h5-6,9-14,18H,2-4,7-8H2,1H3,(H,31,34)(H,30,32,33);3H,1-2H3. The van der Waals surface area contributed by atoms with Crippen LogP contribution in [0.5, 0.6) is 0 Å². The quantitative estimate of drug-likeness (QED) is 0.211. The first-order valence-corrected chi connectivity index (χ1v) is 13.7. The number of pyridine rings is 1. The monoisotopic (exact) mass is 556 g/mol. The molecule has 2 heterocycles. The topological polar surface area (TPSA) is 74.8 Å². The second-order valence-corrected chi connectivity index (χ2v) is 10.4. The van der Waals surface area contributed by atoms with E-state index in [1.54, 1.807) is 25.3 Å². The van der Waals surface area contributed by atoms with Gasteiger partial charge in [0.15, 0.2) is 11.6 Å². The number of anilines is 2. The van der Waals surface area contributed by atoms with Crippen LogP contribution in [0, 0.1) is 18.6 Å². The molecule has 38 heavy (non-hydrogen) atoms. The molecule has 0 spiro atoms. The summed E-state index contributed by atoms with van der Waals surface area (Å²) in [5.74, 6) is -0.512. The highest BCUT2D eigenvalue weighted by molar-refractivity contribution is 8.00. The van der Waals surface area contributed by atoms with Crippen molar-refractivity contribution in [2.75, 3.05) is 24.1 Å². The second kappa shape index (κ2) is 13.2. The predicted octanol–water partition coefficient (Wildman–Crippen LogP) is 7.63. The third-order valence-corrected chi connectivity index (χ3v) is 7.46. The van der Waals surface area contributed by atoms with E-state index in [0.29, 0.717) is 39.2 Å². The van der Waals surface area contributed by atoms with Gasteiger partial charge in [-0.25, -0.2) is 23.7 Å². The van der Waals surface area contributed by atoms with Gasteiger partial charge in [-0.3, -0.25) is 0 Å². The Bertz CT molecular complexity index is 1400. The Morgan fingerprint density at radius 1 is 0.974 bits per heavy atom. The van der Waals surface area contributed by atoms with Crippen molar-refractivity contribution in [1.29, 1.82) is 0 Å². The molecule has 1 aliphatic carbocycles. The first-order chi connectivity index (χ1) is 18.4. The molecule has 1 saturated carbocycles. The average Bonchev–Trinajstić information content (AvgIpc) is 2.91. The number of aromatic nitrogens is 3. The van der Waals surface area contributed by atoms with Crippen LogP contribution in [0.25, 0.3) is 22.0 Å². The summed E-state index contributed by atoms with van der Waals surface area (Å²) in [6.07, 6.45) is 7.36. The zero-order valence-corrected chi connectivity index (χ0v) is 23.2. The number of nitrogens with one attached hydrogen (secondary N) is 3. The van der Waals surface area contributed by atoms with Crippen molar-refractivity contribution in [3.63, 3.8) is 0 Å². The molecular formula is C28H31ClF2N6S. The smallest absolute Gasteiger partial charge is 0.223 e. The van der Waals surface area contributed by atoms with Crippen LogP contribution in [0.3, 0.4) is 0 Å². The Morgan fingerprint density at radius 2 is 1.71 bits per heavy atom. The molecule has 3 N–H and O–H groups in total. The molecule has 0 bridgehead atoms. The maximum absolute atomic E-state index is 15.1. The molecule has 0 saturated heterocycles. The van der Waals surface area contributed by atoms with Crippen LogP contribution >= 0.6 is 23.5 Å². The minimum absolute atomic E-state index is 0.0826. The zero-order valence-electron chi connectivity index (χ0n) is 21.6. The van der Waals surface area contributed by atoms with E-state index < -0.39 is 11.6 Å². The highest BCUT2D eigenvalue weighted by atomic mass is 35.5. The minimum Gasteiger partial charge on any atom is -0.351 e. The van der Waals surface area contributed by atoms with Gasteiger partial charge in [-0.1, -0.05) is 43.0 Å². The van der Waals surface area contributed by atoms with E-state index in [-0.39, 0.29) is 11.3 Å². The molecular weight excluding hydrogens is 526 g/mol. The Balaban J connectivity index is 0.00000107. The highest BCUT2D eigenvalue weighted by Crippen LogP contribution is 2.33. The molecule has 0 radical (unpaired) electrons. The summed E-state index contributed by atoms with van der Waals surface area (Å²) in [5, 5.41) is 7.19. The van der Waals surface area contributed by atoms with Crippen molar-refractivity contribution in [2.24, 2.45) is 0 Å². The number of rotatable bonds is 6. The number of aryl methyl sites for hydroxylation is 1. The van der Waals surface area contributed by atoms with E-state index in [9.17, 15) is 4.39 Å². The lowest BCUT2D eigenvalue weighted by Gasteiger charge is -2.22. The maximum atomic E-state index is 15.1. The van der Waals surface area contributed by atoms with E-state index >= 15 is 4.39 Å². The van der Waals surface area contributed by atoms with Crippen LogP contribution < -0.4 is 15.4 Å². The minimum atomic E-state index is -0.547. The summed E-state index contributed by atoms with van der Waals surface area (Å²) in [4.78, 5) is 13.9. The molecule has 4 aromatic rings. The molecule has 1 fully saturated rings. The van der Waals surface area contributed by atoms with Crippen molar-refractivity contribution in [3.8, 4) is 11.1 Å². The molecule has 0 aliphatic heterocycles. The van der Waals surface area contributed by atoms with Crippen LogP contribution in [0.1, 0.15) is 37.8 Å². The number of nitrogens with zero attached hydrogens (tertiary/aromatic N) is 3. The maximum Gasteiger partial charge on any atom is 0.223 e. The van der Waals surface area contributed by atoms with E-state index in [1.807, 2.05) is 32.3 Å². The zero-order chi connectivity index (χ0) is 27.1. The van der Waals surface area contributed by atoms with Gasteiger partial charge >= 0.3 is 0 Å². The summed E-state index contributed by atoms with van der Waals surface area (Å²) < 4.78 is 32.9. The van der Waals surface area contributed by atoms with Gasteiger partial charge in [-0.15, -0.1) is 0 Å². The van der Waals surface area contributed by atoms with Crippen LogP contribution in [0.2, 0.25) is 5.02 Å². The molecule has 5 rings (SSSR count). The van der Waals surface area contributed by atoms with Gasteiger partial charge in [-0.05, 0) is 81.7 Å². The normalized spacial score (nSPS) is 13.6. The first-order valence-electron chi connectivity index (χ1n) is 12.6. The Labute approximate surface area is 231 Å². The highest BCUT2D eigenvalue weighted by Gasteiger charge is 2.17. The fraction of sp³-hybridized carbons (Fsp3) is 0.321. The van der Waals surface area contributed by atoms with Gasteiger partial charge in [0.25, 0.3) is 0 Å². The van der Waals surface area contributed by atoms with E-state index in [2.05, 4.69) is 30.3 Å². The average molecular weight is 557 g/mol. The number of hydrogen-bond donors (Lipinski definition) is 3. The van der Waals surface area contributed by atoms with Crippen molar-refractivity contribution >= 4 is 46.2 Å². The number of halogens is 3. The number of benzene rings is 2. The molecule has 2 aromatic carbocycles. The Morgan fingerprint density at radius 3 is 2.45 bits per heavy atom. The molecule has 10 heteroatoms. The fourth-order valence-electron chi connectivity index (χ4n) is 4.33. The SMILES string of the molecule is CNC.Cc1nc(NSc2ccccc2Cl)c(F)cc1-c1cc(F)c2nc(NC3CCCCC3)ncc2c1. The van der Waals surface area contributed by atoms with Crippen LogP contribution in [-0.2, 0) is 0 Å². The molecule has 0 amide bonds. The summed E-state index contributed by atoms with van der Waals surface area (Å²) in [5.41, 5.74) is 1.81. The van der Waals surface area contributed by atoms with Gasteiger partial charge in [-0.2, -0.15) is 0 Å². The van der Waals surface area contributed by atoms with E-state index in [1.165, 1.54) is 43.3 Å². The Hall–Kier alpha value is -3.01. The second-order valence-electron chi connectivity index (χ2n) is 9.16. The van der Waals surface area contributed by atoms with Crippen LogP contribution in [-0.4, -0.2) is 35.1 Å². The third-order valence-electron chi connectivity index (χ3n) is 6.15. The molecule has 200 valence electrons.